The molecule has 0 heterocycles. The van der Waals surface area contributed by atoms with Crippen LogP contribution in [0.25, 0.3) is 0 Å². The van der Waals surface area contributed by atoms with Crippen molar-refractivity contribution in [3.63, 3.8) is 0 Å². The molecular formula is C12H17ClN2O2. The van der Waals surface area contributed by atoms with Crippen LogP contribution in [0.3, 0.4) is 0 Å². The van der Waals surface area contributed by atoms with E-state index >= 15 is 0 Å². The fraction of sp³-hybridized carbons (Fsp3) is 0.500. The van der Waals surface area contributed by atoms with Gasteiger partial charge in [0.1, 0.15) is 5.02 Å². The van der Waals surface area contributed by atoms with Crippen molar-refractivity contribution >= 4 is 23.0 Å². The third-order valence-electron chi connectivity index (χ3n) is 2.58. The van der Waals surface area contributed by atoms with Crippen molar-refractivity contribution in [2.75, 3.05) is 11.9 Å². The summed E-state index contributed by atoms with van der Waals surface area (Å²) in [5.74, 6) is 0.551. The van der Waals surface area contributed by atoms with Gasteiger partial charge in [-0.05, 0) is 24.5 Å². The van der Waals surface area contributed by atoms with Gasteiger partial charge in [0.15, 0.2) is 0 Å². The van der Waals surface area contributed by atoms with Crippen LogP contribution in [0.15, 0.2) is 18.2 Å². The average Bonchev–Trinajstić information content (AvgIpc) is 2.28. The van der Waals surface area contributed by atoms with Crippen LogP contribution in [0.2, 0.25) is 5.02 Å². The fourth-order valence-corrected chi connectivity index (χ4v) is 1.84. The summed E-state index contributed by atoms with van der Waals surface area (Å²) >= 11 is 5.73. The Morgan fingerprint density at radius 1 is 1.53 bits per heavy atom. The minimum Gasteiger partial charge on any atom is -0.385 e. The lowest BCUT2D eigenvalue weighted by Crippen LogP contribution is -2.11. The molecule has 4 nitrogen and oxygen atoms in total. The summed E-state index contributed by atoms with van der Waals surface area (Å²) in [5.41, 5.74) is 0.684. The topological polar surface area (TPSA) is 55.2 Å². The lowest BCUT2D eigenvalue weighted by Gasteiger charge is -2.12. The van der Waals surface area contributed by atoms with Crippen molar-refractivity contribution in [3.8, 4) is 0 Å². The molecule has 1 unspecified atom stereocenters. The molecule has 0 aromatic heterocycles. The molecule has 0 aliphatic heterocycles. The molecule has 0 saturated heterocycles. The Bertz CT molecular complexity index is 396. The Kier molecular flexibility index (Phi) is 5.22. The molecular weight excluding hydrogens is 240 g/mol. The van der Waals surface area contributed by atoms with Crippen molar-refractivity contribution in [3.05, 3.63) is 33.3 Å². The monoisotopic (exact) mass is 256 g/mol. The van der Waals surface area contributed by atoms with Gasteiger partial charge in [0.2, 0.25) is 0 Å². The number of nitrogens with zero attached hydrogens (tertiary/aromatic N) is 1. The van der Waals surface area contributed by atoms with Crippen molar-refractivity contribution in [1.29, 1.82) is 0 Å². The van der Waals surface area contributed by atoms with E-state index < -0.39 is 4.92 Å². The highest BCUT2D eigenvalue weighted by molar-refractivity contribution is 6.32. The fourth-order valence-electron chi connectivity index (χ4n) is 1.65. The lowest BCUT2D eigenvalue weighted by atomic mass is 10.1. The SMILES string of the molecule is CCCC(C)CNc1ccc(Cl)c([N+](=O)[O-])c1. The van der Waals surface area contributed by atoms with Crippen LogP contribution in [0, 0.1) is 16.0 Å². The van der Waals surface area contributed by atoms with E-state index in [2.05, 4.69) is 19.2 Å². The molecule has 17 heavy (non-hydrogen) atoms. The van der Waals surface area contributed by atoms with E-state index in [9.17, 15) is 10.1 Å². The summed E-state index contributed by atoms with van der Waals surface area (Å²) in [5, 5.41) is 14.1. The van der Waals surface area contributed by atoms with Crippen LogP contribution in [-0.4, -0.2) is 11.5 Å². The first kappa shape index (κ1) is 13.8. The van der Waals surface area contributed by atoms with Crippen molar-refractivity contribution in [1.82, 2.24) is 0 Å². The zero-order chi connectivity index (χ0) is 12.8. The normalized spacial score (nSPS) is 12.2. The highest BCUT2D eigenvalue weighted by Crippen LogP contribution is 2.27. The molecule has 0 radical (unpaired) electrons. The highest BCUT2D eigenvalue weighted by atomic mass is 35.5. The van der Waals surface area contributed by atoms with E-state index in [-0.39, 0.29) is 10.7 Å². The molecule has 1 aromatic rings. The molecule has 0 bridgehead atoms. The van der Waals surface area contributed by atoms with Crippen LogP contribution in [0.5, 0.6) is 0 Å². The maximum absolute atomic E-state index is 10.7. The Balaban J connectivity index is 2.66. The number of halogens is 1. The Morgan fingerprint density at radius 3 is 2.82 bits per heavy atom. The van der Waals surface area contributed by atoms with Crippen molar-refractivity contribution in [2.24, 2.45) is 5.92 Å². The molecule has 5 heteroatoms. The predicted octanol–water partition coefficient (Wildman–Crippen LogP) is 4.10. The first-order chi connectivity index (χ1) is 8.04. The maximum atomic E-state index is 10.7. The third-order valence-corrected chi connectivity index (χ3v) is 2.90. The second-order valence-electron chi connectivity index (χ2n) is 4.20. The molecule has 1 aromatic carbocycles. The van der Waals surface area contributed by atoms with Crippen molar-refractivity contribution < 1.29 is 4.92 Å². The van der Waals surface area contributed by atoms with Crippen LogP contribution in [0.4, 0.5) is 11.4 Å². The molecule has 0 saturated carbocycles. The van der Waals surface area contributed by atoms with Crippen molar-refractivity contribution in [2.45, 2.75) is 26.7 Å². The van der Waals surface area contributed by atoms with Gasteiger partial charge in [0, 0.05) is 18.3 Å². The number of benzene rings is 1. The van der Waals surface area contributed by atoms with E-state index in [0.717, 1.165) is 25.1 Å². The van der Waals surface area contributed by atoms with Gasteiger partial charge in [-0.2, -0.15) is 0 Å². The summed E-state index contributed by atoms with van der Waals surface area (Å²) in [4.78, 5) is 10.2. The number of nitro groups is 1. The lowest BCUT2D eigenvalue weighted by molar-refractivity contribution is -0.384. The molecule has 0 aliphatic carbocycles. The van der Waals surface area contributed by atoms with Gasteiger partial charge in [0.25, 0.3) is 5.69 Å². The summed E-state index contributed by atoms with van der Waals surface area (Å²) in [6.07, 6.45) is 2.28. The molecule has 94 valence electrons. The van der Waals surface area contributed by atoms with Gasteiger partial charge < -0.3 is 5.32 Å². The first-order valence-electron chi connectivity index (χ1n) is 5.72. The molecule has 0 fully saturated rings. The van der Waals surface area contributed by atoms with Crippen LogP contribution >= 0.6 is 11.6 Å². The van der Waals surface area contributed by atoms with Gasteiger partial charge >= 0.3 is 0 Å². The van der Waals surface area contributed by atoms with Crippen LogP contribution in [-0.2, 0) is 0 Å². The molecule has 0 aliphatic rings. The summed E-state index contributed by atoms with van der Waals surface area (Å²) in [7, 11) is 0. The molecule has 1 N–H and O–H groups in total. The zero-order valence-corrected chi connectivity index (χ0v) is 10.8. The van der Waals surface area contributed by atoms with Crippen LogP contribution < -0.4 is 5.32 Å². The van der Waals surface area contributed by atoms with Gasteiger partial charge in [-0.1, -0.05) is 31.9 Å². The summed E-state index contributed by atoms with van der Waals surface area (Å²) in [6.45, 7) is 5.11. The molecule has 1 atom stereocenters. The minimum absolute atomic E-state index is 0.0557. The van der Waals surface area contributed by atoms with Gasteiger partial charge in [-0.15, -0.1) is 0 Å². The zero-order valence-electron chi connectivity index (χ0n) is 10.1. The number of nitrogens with one attached hydrogen (secondary N) is 1. The Labute approximate surface area is 106 Å². The number of hydrogen-bond acceptors (Lipinski definition) is 3. The smallest absolute Gasteiger partial charge is 0.289 e. The standard InChI is InChI=1S/C12H17ClN2O2/c1-3-4-9(2)8-14-10-5-6-11(13)12(7-10)15(16)17/h5-7,9,14H,3-4,8H2,1-2H3. The summed E-state index contributed by atoms with van der Waals surface area (Å²) < 4.78 is 0. The number of rotatable bonds is 6. The number of anilines is 1. The van der Waals surface area contributed by atoms with E-state index in [1.807, 2.05) is 0 Å². The second-order valence-corrected chi connectivity index (χ2v) is 4.61. The summed E-state index contributed by atoms with van der Waals surface area (Å²) in [6, 6.07) is 4.78. The Morgan fingerprint density at radius 2 is 2.24 bits per heavy atom. The Hall–Kier alpha value is -1.29. The number of hydrogen-bond donors (Lipinski definition) is 1. The quantitative estimate of drug-likeness (QED) is 0.616. The van der Waals surface area contributed by atoms with E-state index in [0.29, 0.717) is 5.92 Å². The highest BCUT2D eigenvalue weighted by Gasteiger charge is 2.12. The third kappa shape index (κ3) is 4.23. The molecule has 1 rings (SSSR count). The van der Waals surface area contributed by atoms with E-state index in [1.165, 1.54) is 6.07 Å². The minimum atomic E-state index is -0.469. The molecule has 0 amide bonds. The number of nitro benzene ring substituents is 1. The molecule has 0 spiro atoms. The van der Waals surface area contributed by atoms with Crippen LogP contribution in [0.1, 0.15) is 26.7 Å². The largest absolute Gasteiger partial charge is 0.385 e. The van der Waals surface area contributed by atoms with E-state index in [4.69, 9.17) is 11.6 Å². The first-order valence-corrected chi connectivity index (χ1v) is 6.10. The van der Waals surface area contributed by atoms with Gasteiger partial charge in [0.05, 0.1) is 4.92 Å². The second kappa shape index (κ2) is 6.45. The predicted molar refractivity (Wildman–Crippen MR) is 70.7 cm³/mol. The maximum Gasteiger partial charge on any atom is 0.289 e. The van der Waals surface area contributed by atoms with E-state index in [1.54, 1.807) is 12.1 Å². The average molecular weight is 257 g/mol. The van der Waals surface area contributed by atoms with Gasteiger partial charge in [-0.25, -0.2) is 0 Å². The van der Waals surface area contributed by atoms with Gasteiger partial charge in [-0.3, -0.25) is 10.1 Å².